The van der Waals surface area contributed by atoms with Crippen LogP contribution in [0.25, 0.3) is 21.0 Å². The lowest BCUT2D eigenvalue weighted by atomic mass is 10.1. The van der Waals surface area contributed by atoms with Gasteiger partial charge in [-0.25, -0.2) is 4.79 Å². The van der Waals surface area contributed by atoms with E-state index in [-0.39, 0.29) is 11.7 Å². The lowest BCUT2D eigenvalue weighted by Gasteiger charge is -1.99. The number of ether oxygens (including phenoxy) is 1. The predicted octanol–water partition coefficient (Wildman–Crippen LogP) is 3.72. The van der Waals surface area contributed by atoms with E-state index in [9.17, 15) is 14.9 Å². The molecule has 0 saturated heterocycles. The van der Waals surface area contributed by atoms with E-state index in [0.717, 1.165) is 21.0 Å². The number of hydrogen-bond acceptors (Lipinski definition) is 4. The quantitative estimate of drug-likeness (QED) is 0.409. The first-order chi connectivity index (χ1) is 9.60. The maximum Gasteiger partial charge on any atom is 0.337 e. The van der Waals surface area contributed by atoms with Crippen molar-refractivity contribution < 1.29 is 14.5 Å². The molecule has 0 radical (unpaired) electrons. The fourth-order valence-corrected chi connectivity index (χ4v) is 3.70. The number of rotatable bonds is 2. The molecule has 1 unspecified atom stereocenters. The lowest BCUT2D eigenvalue weighted by molar-refractivity contribution is -0.384. The summed E-state index contributed by atoms with van der Waals surface area (Å²) < 4.78 is 4.70. The Bertz CT molecular complexity index is 853. The van der Waals surface area contributed by atoms with Gasteiger partial charge in [0.25, 0.3) is 5.69 Å². The fraction of sp³-hybridized carbons (Fsp3) is 0.0714. The Hall–Kier alpha value is -2.39. The molecular formula is C14H10NO4P. The van der Waals surface area contributed by atoms with Gasteiger partial charge in [-0.2, -0.15) is 0 Å². The van der Waals surface area contributed by atoms with Crippen molar-refractivity contribution >= 4 is 40.9 Å². The van der Waals surface area contributed by atoms with Crippen LogP contribution in [0, 0.1) is 10.1 Å². The van der Waals surface area contributed by atoms with Crippen molar-refractivity contribution in [1.29, 1.82) is 0 Å². The second-order valence-electron chi connectivity index (χ2n) is 4.36. The van der Waals surface area contributed by atoms with Gasteiger partial charge in [0.05, 0.1) is 17.6 Å². The maximum atomic E-state index is 11.5. The van der Waals surface area contributed by atoms with Gasteiger partial charge in [-0.15, -0.1) is 8.19 Å². The number of non-ortho nitro benzene ring substituents is 1. The second kappa shape index (κ2) is 4.62. The average molecular weight is 287 g/mol. The van der Waals surface area contributed by atoms with Crippen LogP contribution in [0.2, 0.25) is 0 Å². The summed E-state index contributed by atoms with van der Waals surface area (Å²) in [6, 6.07) is 10.3. The monoisotopic (exact) mass is 287 g/mol. The van der Waals surface area contributed by atoms with Crippen LogP contribution in [0.4, 0.5) is 5.69 Å². The topological polar surface area (TPSA) is 69.4 Å². The van der Waals surface area contributed by atoms with Crippen molar-refractivity contribution in [2.45, 2.75) is 0 Å². The summed E-state index contributed by atoms with van der Waals surface area (Å²) in [6.07, 6.45) is 0. The van der Waals surface area contributed by atoms with Gasteiger partial charge in [0.15, 0.2) is 0 Å². The molecule has 1 heterocycles. The molecule has 3 rings (SSSR count). The third-order valence-corrected chi connectivity index (χ3v) is 4.58. The van der Waals surface area contributed by atoms with Crippen molar-refractivity contribution in [3.05, 3.63) is 52.1 Å². The largest absolute Gasteiger partial charge is 0.465 e. The lowest BCUT2D eigenvalue weighted by Crippen LogP contribution is -1.99. The standard InChI is InChI=1S/C14H10NO4P/c1-19-14(16)8-2-4-10-11-5-3-9(15(17)18)7-13(11)20-12(10)6-8/h2-7,20H,1H3. The SMILES string of the molecule is COC(=O)c1ccc2c(c1)[pH]c1cc([N+](=O)[O-])ccc12. The van der Waals surface area contributed by atoms with Crippen LogP contribution in [-0.4, -0.2) is 18.0 Å². The molecule has 2 aromatic carbocycles. The van der Waals surface area contributed by atoms with Gasteiger partial charge in [-0.1, -0.05) is 6.07 Å². The summed E-state index contributed by atoms with van der Waals surface area (Å²) in [5.41, 5.74) is 0.596. The summed E-state index contributed by atoms with van der Waals surface area (Å²) in [4.78, 5) is 21.9. The van der Waals surface area contributed by atoms with Crippen LogP contribution < -0.4 is 0 Å². The number of benzene rings is 2. The Morgan fingerprint density at radius 2 is 1.80 bits per heavy atom. The van der Waals surface area contributed by atoms with Gasteiger partial charge < -0.3 is 4.74 Å². The number of fused-ring (bicyclic) bond motifs is 3. The Balaban J connectivity index is 2.24. The summed E-state index contributed by atoms with van der Waals surface area (Å²) in [7, 11) is 1.66. The molecule has 3 aromatic rings. The van der Waals surface area contributed by atoms with Gasteiger partial charge >= 0.3 is 5.97 Å². The van der Waals surface area contributed by atoms with Gasteiger partial charge in [0, 0.05) is 22.4 Å². The zero-order valence-electron chi connectivity index (χ0n) is 10.5. The number of hydrogen-bond donors (Lipinski definition) is 0. The number of methoxy groups -OCH3 is 1. The van der Waals surface area contributed by atoms with Crippen LogP contribution >= 0.6 is 8.19 Å². The van der Waals surface area contributed by atoms with Crippen LogP contribution in [-0.2, 0) is 4.74 Å². The van der Waals surface area contributed by atoms with E-state index in [1.807, 2.05) is 6.07 Å². The third-order valence-electron chi connectivity index (χ3n) is 3.21. The van der Waals surface area contributed by atoms with E-state index in [0.29, 0.717) is 13.8 Å². The summed E-state index contributed by atoms with van der Waals surface area (Å²) in [6.45, 7) is 0. The zero-order valence-corrected chi connectivity index (χ0v) is 11.5. The van der Waals surface area contributed by atoms with Crippen molar-refractivity contribution in [1.82, 2.24) is 0 Å². The Morgan fingerprint density at radius 3 is 2.45 bits per heavy atom. The molecule has 1 atom stereocenters. The van der Waals surface area contributed by atoms with Crippen LogP contribution in [0.1, 0.15) is 10.4 Å². The maximum absolute atomic E-state index is 11.5. The second-order valence-corrected chi connectivity index (χ2v) is 5.69. The smallest absolute Gasteiger partial charge is 0.337 e. The predicted molar refractivity (Wildman–Crippen MR) is 78.9 cm³/mol. The van der Waals surface area contributed by atoms with E-state index in [1.54, 1.807) is 24.3 Å². The Morgan fingerprint density at radius 1 is 1.15 bits per heavy atom. The van der Waals surface area contributed by atoms with Gasteiger partial charge in [0.1, 0.15) is 0 Å². The number of nitro groups is 1. The molecule has 0 aliphatic rings. The number of nitro benzene ring substituents is 1. The molecule has 0 amide bonds. The molecule has 20 heavy (non-hydrogen) atoms. The summed E-state index contributed by atoms with van der Waals surface area (Å²) in [5, 5.41) is 14.8. The minimum absolute atomic E-state index is 0.0947. The van der Waals surface area contributed by atoms with Gasteiger partial charge in [-0.3, -0.25) is 10.1 Å². The normalized spacial score (nSPS) is 11.2. The molecular weight excluding hydrogens is 277 g/mol. The number of nitrogens with zero attached hydrogens (tertiary/aromatic N) is 1. The van der Waals surface area contributed by atoms with E-state index in [1.165, 1.54) is 13.2 Å². The number of carbonyl (C=O) groups is 1. The molecule has 0 spiro atoms. The minimum Gasteiger partial charge on any atom is -0.465 e. The van der Waals surface area contributed by atoms with E-state index < -0.39 is 4.92 Å². The van der Waals surface area contributed by atoms with E-state index in [4.69, 9.17) is 4.74 Å². The Kier molecular flexibility index (Phi) is 2.92. The molecule has 0 N–H and O–H groups in total. The number of esters is 1. The first-order valence-electron chi connectivity index (χ1n) is 5.88. The molecule has 1 aromatic heterocycles. The van der Waals surface area contributed by atoms with Crippen LogP contribution in [0.15, 0.2) is 36.4 Å². The molecule has 5 nitrogen and oxygen atoms in total. The highest BCUT2D eigenvalue weighted by Crippen LogP contribution is 2.39. The molecule has 100 valence electrons. The Labute approximate surface area is 115 Å². The van der Waals surface area contributed by atoms with Gasteiger partial charge in [0.2, 0.25) is 0 Å². The highest BCUT2D eigenvalue weighted by atomic mass is 31.0. The van der Waals surface area contributed by atoms with Crippen molar-refractivity contribution in [3.63, 3.8) is 0 Å². The molecule has 6 heteroatoms. The van der Waals surface area contributed by atoms with E-state index in [2.05, 4.69) is 0 Å². The van der Waals surface area contributed by atoms with Crippen molar-refractivity contribution in [2.24, 2.45) is 0 Å². The van der Waals surface area contributed by atoms with E-state index >= 15 is 0 Å². The zero-order chi connectivity index (χ0) is 14.3. The average Bonchev–Trinajstić information content (AvgIpc) is 2.82. The van der Waals surface area contributed by atoms with Crippen molar-refractivity contribution in [3.8, 4) is 0 Å². The van der Waals surface area contributed by atoms with Crippen LogP contribution in [0.3, 0.4) is 0 Å². The molecule has 0 bridgehead atoms. The first kappa shape index (κ1) is 12.6. The highest BCUT2D eigenvalue weighted by Gasteiger charge is 2.12. The minimum atomic E-state index is -0.395. The summed E-state index contributed by atoms with van der Waals surface area (Å²) >= 11 is 0. The molecule has 0 fully saturated rings. The fourth-order valence-electron chi connectivity index (χ4n) is 2.26. The molecule has 0 aliphatic heterocycles. The summed E-state index contributed by atoms with van der Waals surface area (Å²) in [5.74, 6) is -0.375. The third kappa shape index (κ3) is 1.92. The van der Waals surface area contributed by atoms with Crippen molar-refractivity contribution in [2.75, 3.05) is 7.11 Å². The molecule has 0 saturated carbocycles. The molecule has 0 aliphatic carbocycles. The van der Waals surface area contributed by atoms with Gasteiger partial charge in [-0.05, 0) is 29.0 Å². The van der Waals surface area contributed by atoms with Crippen LogP contribution in [0.5, 0.6) is 0 Å². The number of carbonyl (C=O) groups excluding carboxylic acids is 1. The first-order valence-corrected chi connectivity index (χ1v) is 6.88. The highest BCUT2D eigenvalue weighted by molar-refractivity contribution is 7.43.